The van der Waals surface area contributed by atoms with E-state index in [2.05, 4.69) is 26.1 Å². The first-order valence-electron chi connectivity index (χ1n) is 4.95. The first-order valence-corrected chi connectivity index (χ1v) is 4.95. The zero-order valence-electron chi connectivity index (χ0n) is 8.84. The van der Waals surface area contributed by atoms with E-state index in [4.69, 9.17) is 4.74 Å². The Bertz CT molecular complexity index is 153. The standard InChI is InChI=1S/C10H21NO2/c1-10(2,3)7-11-4-8-5-13-6-9(8)12/h8-9,11-12H,4-7H2,1-3H3/t8?,9-/m0/s1. The average molecular weight is 187 g/mol. The van der Waals surface area contributed by atoms with Crippen LogP contribution in [-0.4, -0.2) is 37.5 Å². The number of nitrogens with one attached hydrogen (secondary N) is 1. The van der Waals surface area contributed by atoms with Gasteiger partial charge in [-0.1, -0.05) is 20.8 Å². The van der Waals surface area contributed by atoms with Crippen molar-refractivity contribution >= 4 is 0 Å². The average Bonchev–Trinajstić information content (AvgIpc) is 2.34. The van der Waals surface area contributed by atoms with Crippen LogP contribution in [0.5, 0.6) is 0 Å². The topological polar surface area (TPSA) is 41.5 Å². The molecule has 1 aliphatic rings. The van der Waals surface area contributed by atoms with Gasteiger partial charge in [0.15, 0.2) is 0 Å². The highest BCUT2D eigenvalue weighted by Crippen LogP contribution is 2.14. The van der Waals surface area contributed by atoms with Crippen LogP contribution in [0.2, 0.25) is 0 Å². The van der Waals surface area contributed by atoms with Gasteiger partial charge in [0.1, 0.15) is 0 Å². The maximum Gasteiger partial charge on any atom is 0.0835 e. The Morgan fingerprint density at radius 1 is 1.38 bits per heavy atom. The van der Waals surface area contributed by atoms with Crippen molar-refractivity contribution < 1.29 is 9.84 Å². The van der Waals surface area contributed by atoms with Crippen LogP contribution in [0.25, 0.3) is 0 Å². The lowest BCUT2D eigenvalue weighted by Crippen LogP contribution is -2.35. The maximum absolute atomic E-state index is 9.45. The molecule has 0 aromatic heterocycles. The summed E-state index contributed by atoms with van der Waals surface area (Å²) in [6, 6.07) is 0. The summed E-state index contributed by atoms with van der Waals surface area (Å²) in [5.74, 6) is 0.280. The predicted octanol–water partition coefficient (Wildman–Crippen LogP) is 0.629. The van der Waals surface area contributed by atoms with Crippen LogP contribution < -0.4 is 5.32 Å². The van der Waals surface area contributed by atoms with Crippen molar-refractivity contribution in [2.24, 2.45) is 11.3 Å². The third-order valence-corrected chi connectivity index (χ3v) is 2.23. The van der Waals surface area contributed by atoms with E-state index in [1.807, 2.05) is 0 Å². The lowest BCUT2D eigenvalue weighted by Gasteiger charge is -2.21. The first-order chi connectivity index (χ1) is 5.99. The molecule has 0 aromatic rings. The smallest absolute Gasteiger partial charge is 0.0835 e. The maximum atomic E-state index is 9.45. The molecule has 2 atom stereocenters. The van der Waals surface area contributed by atoms with Crippen molar-refractivity contribution in [3.63, 3.8) is 0 Å². The van der Waals surface area contributed by atoms with Gasteiger partial charge in [-0.25, -0.2) is 0 Å². The molecule has 3 nitrogen and oxygen atoms in total. The number of hydrogen-bond acceptors (Lipinski definition) is 3. The van der Waals surface area contributed by atoms with E-state index in [0.717, 1.165) is 13.1 Å². The molecule has 13 heavy (non-hydrogen) atoms. The van der Waals surface area contributed by atoms with E-state index >= 15 is 0 Å². The Hall–Kier alpha value is -0.120. The van der Waals surface area contributed by atoms with Crippen LogP contribution in [0, 0.1) is 11.3 Å². The van der Waals surface area contributed by atoms with Crippen molar-refractivity contribution in [3.8, 4) is 0 Å². The molecule has 0 spiro atoms. The van der Waals surface area contributed by atoms with Crippen LogP contribution in [-0.2, 0) is 4.74 Å². The van der Waals surface area contributed by atoms with Crippen molar-refractivity contribution in [2.75, 3.05) is 26.3 Å². The molecule has 3 heteroatoms. The Balaban J connectivity index is 2.12. The summed E-state index contributed by atoms with van der Waals surface area (Å²) in [4.78, 5) is 0. The van der Waals surface area contributed by atoms with Crippen molar-refractivity contribution in [1.82, 2.24) is 5.32 Å². The second-order valence-corrected chi connectivity index (χ2v) is 5.06. The molecule has 1 rings (SSSR count). The molecule has 78 valence electrons. The normalized spacial score (nSPS) is 29.5. The van der Waals surface area contributed by atoms with Crippen LogP contribution in [0.3, 0.4) is 0 Å². The summed E-state index contributed by atoms with van der Waals surface area (Å²) in [5.41, 5.74) is 0.310. The summed E-state index contributed by atoms with van der Waals surface area (Å²) in [6.45, 7) is 9.62. The molecule has 0 radical (unpaired) electrons. The van der Waals surface area contributed by atoms with E-state index in [9.17, 15) is 5.11 Å². The lowest BCUT2D eigenvalue weighted by atomic mass is 9.96. The molecule has 1 aliphatic heterocycles. The van der Waals surface area contributed by atoms with Crippen LogP contribution in [0.15, 0.2) is 0 Å². The Kier molecular flexibility index (Phi) is 3.71. The van der Waals surface area contributed by atoms with Gasteiger partial charge in [0.25, 0.3) is 0 Å². The Morgan fingerprint density at radius 3 is 2.54 bits per heavy atom. The SMILES string of the molecule is CC(C)(C)CNCC1COC[C@@H]1O. The van der Waals surface area contributed by atoms with Crippen molar-refractivity contribution in [1.29, 1.82) is 0 Å². The van der Waals surface area contributed by atoms with Gasteiger partial charge in [-0.2, -0.15) is 0 Å². The molecule has 2 N–H and O–H groups in total. The van der Waals surface area contributed by atoms with Gasteiger partial charge < -0.3 is 15.2 Å². The van der Waals surface area contributed by atoms with Gasteiger partial charge in [0.2, 0.25) is 0 Å². The van der Waals surface area contributed by atoms with Crippen LogP contribution in [0.4, 0.5) is 0 Å². The lowest BCUT2D eigenvalue weighted by molar-refractivity contribution is 0.118. The Labute approximate surface area is 80.5 Å². The quantitative estimate of drug-likeness (QED) is 0.681. The number of aliphatic hydroxyl groups excluding tert-OH is 1. The highest BCUT2D eigenvalue weighted by Gasteiger charge is 2.25. The fourth-order valence-electron chi connectivity index (χ4n) is 1.41. The largest absolute Gasteiger partial charge is 0.390 e. The molecule has 0 bridgehead atoms. The summed E-state index contributed by atoms with van der Waals surface area (Å²) in [7, 11) is 0. The fraction of sp³-hybridized carbons (Fsp3) is 1.00. The molecule has 1 fully saturated rings. The monoisotopic (exact) mass is 187 g/mol. The minimum Gasteiger partial charge on any atom is -0.390 e. The van der Waals surface area contributed by atoms with E-state index in [0.29, 0.717) is 18.6 Å². The van der Waals surface area contributed by atoms with E-state index < -0.39 is 0 Å². The number of ether oxygens (including phenoxy) is 1. The molecule has 1 saturated heterocycles. The van der Waals surface area contributed by atoms with Gasteiger partial charge in [0, 0.05) is 19.0 Å². The van der Waals surface area contributed by atoms with Crippen molar-refractivity contribution in [3.05, 3.63) is 0 Å². The minimum atomic E-state index is -0.271. The van der Waals surface area contributed by atoms with E-state index in [1.165, 1.54) is 0 Å². The number of hydrogen-bond donors (Lipinski definition) is 2. The zero-order valence-corrected chi connectivity index (χ0v) is 8.84. The molecular formula is C10H21NO2. The van der Waals surface area contributed by atoms with Gasteiger partial charge in [-0.05, 0) is 5.41 Å². The second kappa shape index (κ2) is 4.40. The second-order valence-electron chi connectivity index (χ2n) is 5.06. The highest BCUT2D eigenvalue weighted by atomic mass is 16.5. The highest BCUT2D eigenvalue weighted by molar-refractivity contribution is 4.77. The van der Waals surface area contributed by atoms with Gasteiger partial charge in [-0.15, -0.1) is 0 Å². The first kappa shape index (κ1) is 11.0. The number of rotatable bonds is 3. The van der Waals surface area contributed by atoms with Crippen LogP contribution in [0.1, 0.15) is 20.8 Å². The summed E-state index contributed by atoms with van der Waals surface area (Å²) in [5, 5.41) is 12.8. The van der Waals surface area contributed by atoms with Crippen molar-refractivity contribution in [2.45, 2.75) is 26.9 Å². The molecule has 0 amide bonds. The third kappa shape index (κ3) is 4.07. The van der Waals surface area contributed by atoms with Gasteiger partial charge in [-0.3, -0.25) is 0 Å². The Morgan fingerprint density at radius 2 is 2.08 bits per heavy atom. The third-order valence-electron chi connectivity index (χ3n) is 2.23. The molecule has 1 unspecified atom stereocenters. The van der Waals surface area contributed by atoms with Gasteiger partial charge in [0.05, 0.1) is 19.3 Å². The minimum absolute atomic E-state index is 0.271. The summed E-state index contributed by atoms with van der Waals surface area (Å²) < 4.78 is 5.16. The molecular weight excluding hydrogens is 166 g/mol. The zero-order chi connectivity index (χ0) is 9.90. The van der Waals surface area contributed by atoms with E-state index in [-0.39, 0.29) is 12.0 Å². The summed E-state index contributed by atoms with van der Waals surface area (Å²) in [6.07, 6.45) is -0.271. The summed E-state index contributed by atoms with van der Waals surface area (Å²) >= 11 is 0. The van der Waals surface area contributed by atoms with Gasteiger partial charge >= 0.3 is 0 Å². The van der Waals surface area contributed by atoms with E-state index in [1.54, 1.807) is 0 Å². The molecule has 1 heterocycles. The molecule has 0 aliphatic carbocycles. The molecule has 0 saturated carbocycles. The number of aliphatic hydroxyl groups is 1. The van der Waals surface area contributed by atoms with Crippen LogP contribution >= 0.6 is 0 Å². The molecule has 0 aromatic carbocycles. The fourth-order valence-corrected chi connectivity index (χ4v) is 1.41. The predicted molar refractivity (Wildman–Crippen MR) is 52.6 cm³/mol.